The number of likely N-dealkylation sites (N-methyl/N-ethyl adjacent to an activating group) is 1. The standard InChI is InChI=1S/C12H11IN2O3/c1-2-15-11(17)9(14-12(15)18)6-7-3-4-10(16)8(13)5-7/h3-6,16H,2H2,1H3,(H,14,18). The van der Waals surface area contributed by atoms with Crippen LogP contribution in [-0.2, 0) is 4.79 Å². The maximum Gasteiger partial charge on any atom is 0.328 e. The summed E-state index contributed by atoms with van der Waals surface area (Å²) >= 11 is 2.00. The number of carbonyl (C=O) groups excluding carboxylic acids is 2. The molecule has 1 heterocycles. The lowest BCUT2D eigenvalue weighted by molar-refractivity contribution is -0.122. The molecule has 2 rings (SSSR count). The zero-order valence-electron chi connectivity index (χ0n) is 9.61. The highest BCUT2D eigenvalue weighted by molar-refractivity contribution is 14.1. The van der Waals surface area contributed by atoms with E-state index in [0.717, 1.165) is 10.5 Å². The SMILES string of the molecule is CCN1C(=O)NC(=Cc2ccc(O)c(I)c2)C1=O. The number of benzene rings is 1. The number of carbonyl (C=O) groups is 2. The van der Waals surface area contributed by atoms with Crippen LogP contribution in [0, 0.1) is 3.57 Å². The first-order valence-corrected chi connectivity index (χ1v) is 6.44. The third kappa shape index (κ3) is 2.33. The number of phenols is 1. The van der Waals surface area contributed by atoms with Crippen LogP contribution in [0.4, 0.5) is 4.79 Å². The fourth-order valence-electron chi connectivity index (χ4n) is 1.64. The monoisotopic (exact) mass is 358 g/mol. The molecule has 1 aliphatic heterocycles. The van der Waals surface area contributed by atoms with Gasteiger partial charge in [-0.3, -0.25) is 9.69 Å². The van der Waals surface area contributed by atoms with Crippen molar-refractivity contribution < 1.29 is 14.7 Å². The lowest BCUT2D eigenvalue weighted by Crippen LogP contribution is -2.30. The second-order valence-corrected chi connectivity index (χ2v) is 4.91. The maximum atomic E-state index is 11.8. The predicted molar refractivity (Wildman–Crippen MR) is 74.7 cm³/mol. The zero-order valence-corrected chi connectivity index (χ0v) is 11.8. The van der Waals surface area contributed by atoms with E-state index in [1.165, 1.54) is 0 Å². The van der Waals surface area contributed by atoms with Crippen molar-refractivity contribution in [1.82, 2.24) is 10.2 Å². The van der Waals surface area contributed by atoms with Gasteiger partial charge in [-0.15, -0.1) is 0 Å². The number of aromatic hydroxyl groups is 1. The quantitative estimate of drug-likeness (QED) is 0.482. The summed E-state index contributed by atoms with van der Waals surface area (Å²) in [6, 6.07) is 4.56. The first kappa shape index (κ1) is 12.9. The molecule has 94 valence electrons. The van der Waals surface area contributed by atoms with Gasteiger partial charge in [0.25, 0.3) is 5.91 Å². The van der Waals surface area contributed by atoms with Crippen LogP contribution in [0.5, 0.6) is 5.75 Å². The first-order valence-electron chi connectivity index (χ1n) is 5.36. The zero-order chi connectivity index (χ0) is 13.3. The highest BCUT2D eigenvalue weighted by Gasteiger charge is 2.31. The second-order valence-electron chi connectivity index (χ2n) is 3.75. The van der Waals surface area contributed by atoms with E-state index in [4.69, 9.17) is 0 Å². The van der Waals surface area contributed by atoms with E-state index in [1.807, 2.05) is 22.6 Å². The van der Waals surface area contributed by atoms with Crippen LogP contribution in [0.25, 0.3) is 6.08 Å². The summed E-state index contributed by atoms with van der Waals surface area (Å²) in [6.07, 6.45) is 1.59. The molecule has 0 unspecified atom stereocenters. The lowest BCUT2D eigenvalue weighted by atomic mass is 10.2. The molecule has 1 aromatic carbocycles. The number of phenolic OH excluding ortho intramolecular Hbond substituents is 1. The Morgan fingerprint density at radius 1 is 1.44 bits per heavy atom. The molecule has 1 fully saturated rings. The van der Waals surface area contributed by atoms with Gasteiger partial charge in [0.05, 0.1) is 3.57 Å². The van der Waals surface area contributed by atoms with Gasteiger partial charge in [0.15, 0.2) is 0 Å². The molecule has 1 aliphatic rings. The molecule has 0 aliphatic carbocycles. The van der Waals surface area contributed by atoms with Gasteiger partial charge in [0, 0.05) is 6.54 Å². The highest BCUT2D eigenvalue weighted by Crippen LogP contribution is 2.22. The Balaban J connectivity index is 2.32. The van der Waals surface area contributed by atoms with Gasteiger partial charge >= 0.3 is 6.03 Å². The van der Waals surface area contributed by atoms with Crippen LogP contribution in [0.2, 0.25) is 0 Å². The van der Waals surface area contributed by atoms with Gasteiger partial charge in [0.2, 0.25) is 0 Å². The predicted octanol–water partition coefficient (Wildman–Crippen LogP) is 1.91. The maximum absolute atomic E-state index is 11.8. The Morgan fingerprint density at radius 3 is 2.72 bits per heavy atom. The van der Waals surface area contributed by atoms with Gasteiger partial charge in [-0.25, -0.2) is 4.79 Å². The van der Waals surface area contributed by atoms with Crippen LogP contribution in [-0.4, -0.2) is 28.5 Å². The topological polar surface area (TPSA) is 69.6 Å². The van der Waals surface area contributed by atoms with Gasteiger partial charge in [-0.1, -0.05) is 6.07 Å². The van der Waals surface area contributed by atoms with Crippen molar-refractivity contribution in [3.05, 3.63) is 33.0 Å². The minimum atomic E-state index is -0.401. The molecule has 0 aromatic heterocycles. The molecule has 3 amide bonds. The van der Waals surface area contributed by atoms with Crippen molar-refractivity contribution in [2.45, 2.75) is 6.92 Å². The molecule has 1 aromatic rings. The Labute approximate surface area is 118 Å². The van der Waals surface area contributed by atoms with Crippen molar-refractivity contribution in [2.24, 2.45) is 0 Å². The number of hydrogen-bond acceptors (Lipinski definition) is 3. The summed E-state index contributed by atoms with van der Waals surface area (Å²) in [4.78, 5) is 24.4. The lowest BCUT2D eigenvalue weighted by Gasteiger charge is -2.06. The average Bonchev–Trinajstić information content (AvgIpc) is 2.59. The van der Waals surface area contributed by atoms with Crippen molar-refractivity contribution in [3.63, 3.8) is 0 Å². The van der Waals surface area contributed by atoms with E-state index < -0.39 is 6.03 Å². The molecular weight excluding hydrogens is 347 g/mol. The third-order valence-corrected chi connectivity index (χ3v) is 3.43. The average molecular weight is 358 g/mol. The molecule has 5 nitrogen and oxygen atoms in total. The molecule has 6 heteroatoms. The summed E-state index contributed by atoms with van der Waals surface area (Å²) in [5.41, 5.74) is 1.00. The van der Waals surface area contributed by atoms with Crippen LogP contribution >= 0.6 is 22.6 Å². The number of halogens is 1. The van der Waals surface area contributed by atoms with Crippen LogP contribution in [0.3, 0.4) is 0 Å². The Morgan fingerprint density at radius 2 is 2.17 bits per heavy atom. The summed E-state index contributed by atoms with van der Waals surface area (Å²) in [7, 11) is 0. The Bertz CT molecular complexity index is 554. The molecule has 0 atom stereocenters. The van der Waals surface area contributed by atoms with E-state index in [1.54, 1.807) is 31.2 Å². The summed E-state index contributed by atoms with van der Waals surface area (Å²) in [5, 5.41) is 11.9. The van der Waals surface area contributed by atoms with E-state index in [0.29, 0.717) is 10.1 Å². The summed E-state index contributed by atoms with van der Waals surface area (Å²) in [6.45, 7) is 2.08. The number of hydrogen-bond donors (Lipinski definition) is 2. The number of amides is 3. The highest BCUT2D eigenvalue weighted by atomic mass is 127. The largest absolute Gasteiger partial charge is 0.507 e. The minimum absolute atomic E-state index is 0.190. The van der Waals surface area contributed by atoms with Gasteiger partial charge in [-0.05, 0) is 53.3 Å². The smallest absolute Gasteiger partial charge is 0.328 e. The van der Waals surface area contributed by atoms with Crippen molar-refractivity contribution in [3.8, 4) is 5.75 Å². The van der Waals surface area contributed by atoms with Crippen LogP contribution < -0.4 is 5.32 Å². The second kappa shape index (κ2) is 4.97. The van der Waals surface area contributed by atoms with Gasteiger partial charge in [-0.2, -0.15) is 0 Å². The van der Waals surface area contributed by atoms with Crippen LogP contribution in [0.15, 0.2) is 23.9 Å². The molecule has 0 radical (unpaired) electrons. The van der Waals surface area contributed by atoms with Crippen LogP contribution in [0.1, 0.15) is 12.5 Å². The summed E-state index contributed by atoms with van der Waals surface area (Å²) < 4.78 is 0.686. The Kier molecular flexibility index (Phi) is 3.55. The van der Waals surface area contributed by atoms with E-state index in [-0.39, 0.29) is 17.4 Å². The van der Waals surface area contributed by atoms with Gasteiger partial charge in [0.1, 0.15) is 11.4 Å². The minimum Gasteiger partial charge on any atom is -0.507 e. The first-order chi connectivity index (χ1) is 8.52. The normalized spacial score (nSPS) is 17.4. The summed E-state index contributed by atoms with van der Waals surface area (Å²) in [5.74, 6) is -0.139. The van der Waals surface area contributed by atoms with Crippen molar-refractivity contribution >= 4 is 40.6 Å². The molecule has 1 saturated heterocycles. The molecule has 0 saturated carbocycles. The fraction of sp³-hybridized carbons (Fsp3) is 0.167. The number of imide groups is 1. The third-order valence-electron chi connectivity index (χ3n) is 2.56. The molecule has 0 spiro atoms. The molecular formula is C12H11IN2O3. The van der Waals surface area contributed by atoms with Crippen molar-refractivity contribution in [2.75, 3.05) is 6.54 Å². The number of nitrogens with one attached hydrogen (secondary N) is 1. The number of nitrogens with zero attached hydrogens (tertiary/aromatic N) is 1. The van der Waals surface area contributed by atoms with Crippen molar-refractivity contribution in [1.29, 1.82) is 0 Å². The fourth-order valence-corrected chi connectivity index (χ4v) is 2.18. The molecule has 0 bridgehead atoms. The molecule has 18 heavy (non-hydrogen) atoms. The van der Waals surface area contributed by atoms with E-state index in [2.05, 4.69) is 5.32 Å². The Hall–Kier alpha value is -1.57. The van der Waals surface area contributed by atoms with E-state index in [9.17, 15) is 14.7 Å². The number of rotatable bonds is 2. The molecule has 2 N–H and O–H groups in total. The van der Waals surface area contributed by atoms with E-state index >= 15 is 0 Å². The number of urea groups is 1. The van der Waals surface area contributed by atoms with Gasteiger partial charge < -0.3 is 10.4 Å².